The van der Waals surface area contributed by atoms with Crippen LogP contribution in [0.1, 0.15) is 5.56 Å². The third-order valence-corrected chi connectivity index (χ3v) is 6.03. The maximum Gasteiger partial charge on any atom is 0.266 e. The zero-order valence-corrected chi connectivity index (χ0v) is 20.3. The fourth-order valence-electron chi connectivity index (χ4n) is 3.98. The number of fused-ring (bicyclic) bond motifs is 1. The van der Waals surface area contributed by atoms with Crippen LogP contribution in [-0.2, 0) is 4.79 Å². The molecule has 0 unspecified atom stereocenters. The van der Waals surface area contributed by atoms with E-state index in [9.17, 15) is 10.1 Å². The summed E-state index contributed by atoms with van der Waals surface area (Å²) in [4.78, 5) is 13.0. The minimum Gasteiger partial charge on any atom is -0.321 e. The lowest BCUT2D eigenvalue weighted by Gasteiger charge is -2.07. The second-order valence-corrected chi connectivity index (χ2v) is 8.89. The third-order valence-electron chi connectivity index (χ3n) is 5.59. The number of hydrogen-bond acceptors (Lipinski definition) is 3. The number of nitriles is 1. The molecule has 0 spiro atoms. The first-order valence-corrected chi connectivity index (χ1v) is 11.8. The highest BCUT2D eigenvalue weighted by Gasteiger charge is 2.17. The topological polar surface area (TPSA) is 70.7 Å². The lowest BCUT2D eigenvalue weighted by molar-refractivity contribution is -0.112. The van der Waals surface area contributed by atoms with E-state index in [1.807, 2.05) is 85.1 Å². The number of nitrogens with zero attached hydrogens (tertiary/aromatic N) is 3. The number of halogens is 2. The fraction of sp³-hybridized carbons (Fsp3) is 0. The summed E-state index contributed by atoms with van der Waals surface area (Å²) < 4.78 is 1.74. The second-order valence-electron chi connectivity index (χ2n) is 8.02. The fourth-order valence-corrected chi connectivity index (χ4v) is 4.50. The first kappa shape index (κ1) is 23.4. The maximum absolute atomic E-state index is 13.0. The predicted molar refractivity (Wildman–Crippen MR) is 145 cm³/mol. The second kappa shape index (κ2) is 10.1. The van der Waals surface area contributed by atoms with Crippen molar-refractivity contribution in [3.05, 3.63) is 118 Å². The maximum atomic E-state index is 13.0. The molecule has 0 fully saturated rings. The lowest BCUT2D eigenvalue weighted by atomic mass is 9.99. The van der Waals surface area contributed by atoms with Gasteiger partial charge in [0.05, 0.1) is 5.69 Å². The molecule has 1 N–H and O–H groups in total. The van der Waals surface area contributed by atoms with E-state index < -0.39 is 5.91 Å². The van der Waals surface area contributed by atoms with Crippen molar-refractivity contribution in [3.63, 3.8) is 0 Å². The highest BCUT2D eigenvalue weighted by Crippen LogP contribution is 2.32. The van der Waals surface area contributed by atoms with E-state index in [1.165, 1.54) is 0 Å². The molecule has 1 amide bonds. The van der Waals surface area contributed by atoms with E-state index in [-0.39, 0.29) is 5.57 Å². The molecule has 1 aromatic heterocycles. The highest BCUT2D eigenvalue weighted by atomic mass is 35.5. The van der Waals surface area contributed by atoms with Gasteiger partial charge in [0, 0.05) is 33.1 Å². The van der Waals surface area contributed by atoms with Crippen molar-refractivity contribution < 1.29 is 4.79 Å². The van der Waals surface area contributed by atoms with Gasteiger partial charge >= 0.3 is 0 Å². The molecule has 0 radical (unpaired) electrons. The number of aromatic nitrogens is 2. The van der Waals surface area contributed by atoms with Gasteiger partial charge in [0.1, 0.15) is 17.3 Å². The van der Waals surface area contributed by atoms with Gasteiger partial charge in [-0.2, -0.15) is 10.4 Å². The number of hydrogen-bond donors (Lipinski definition) is 1. The first-order chi connectivity index (χ1) is 17.5. The molecule has 0 aliphatic rings. The van der Waals surface area contributed by atoms with E-state index in [0.29, 0.717) is 27.0 Å². The normalized spacial score (nSPS) is 11.3. The van der Waals surface area contributed by atoms with Crippen LogP contribution in [0, 0.1) is 11.3 Å². The Morgan fingerprint density at radius 2 is 1.61 bits per heavy atom. The standard InChI is InChI=1S/C29H18Cl2N4O/c30-22-14-23(31)16-24(15-22)33-29(36)20(17-32)13-21-18-35(25-9-2-1-3-10-25)34-28(21)27-12-6-8-19-7-4-5-11-26(19)27/h1-16,18H,(H,33,36)/b20-13-. The average Bonchev–Trinajstić information content (AvgIpc) is 3.30. The van der Waals surface area contributed by atoms with E-state index in [2.05, 4.69) is 5.32 Å². The number of para-hydroxylation sites is 1. The summed E-state index contributed by atoms with van der Waals surface area (Å²) in [7, 11) is 0. The zero-order chi connectivity index (χ0) is 25.1. The quantitative estimate of drug-likeness (QED) is 0.197. The molecule has 1 heterocycles. The van der Waals surface area contributed by atoms with Crippen LogP contribution in [-0.4, -0.2) is 15.7 Å². The van der Waals surface area contributed by atoms with Crippen LogP contribution in [0.3, 0.4) is 0 Å². The van der Waals surface area contributed by atoms with Crippen molar-refractivity contribution in [2.75, 3.05) is 5.32 Å². The van der Waals surface area contributed by atoms with Gasteiger partial charge in [-0.3, -0.25) is 4.79 Å². The summed E-state index contributed by atoms with van der Waals surface area (Å²) in [5, 5.41) is 20.2. The van der Waals surface area contributed by atoms with Crippen LogP contribution < -0.4 is 5.32 Å². The van der Waals surface area contributed by atoms with Gasteiger partial charge in [-0.25, -0.2) is 4.68 Å². The van der Waals surface area contributed by atoms with Crippen molar-refractivity contribution in [2.24, 2.45) is 0 Å². The summed E-state index contributed by atoms with van der Waals surface area (Å²) in [5.41, 5.74) is 3.35. The number of carbonyl (C=O) groups excluding carboxylic acids is 1. The van der Waals surface area contributed by atoms with Gasteiger partial charge in [0.2, 0.25) is 0 Å². The molecule has 0 atom stereocenters. The lowest BCUT2D eigenvalue weighted by Crippen LogP contribution is -2.13. The Balaban J connectivity index is 1.62. The van der Waals surface area contributed by atoms with Crippen molar-refractivity contribution >= 4 is 51.6 Å². The van der Waals surface area contributed by atoms with Gasteiger partial charge in [0.15, 0.2) is 0 Å². The van der Waals surface area contributed by atoms with Crippen LogP contribution in [0.25, 0.3) is 33.8 Å². The van der Waals surface area contributed by atoms with Crippen LogP contribution in [0.5, 0.6) is 0 Å². The number of amides is 1. The minimum absolute atomic E-state index is 0.0832. The number of carbonyl (C=O) groups is 1. The Kier molecular flexibility index (Phi) is 6.55. The van der Waals surface area contributed by atoms with Gasteiger partial charge in [-0.1, -0.05) is 83.9 Å². The molecule has 36 heavy (non-hydrogen) atoms. The van der Waals surface area contributed by atoms with E-state index >= 15 is 0 Å². The van der Waals surface area contributed by atoms with Gasteiger partial charge in [-0.15, -0.1) is 0 Å². The van der Waals surface area contributed by atoms with Crippen molar-refractivity contribution in [1.82, 2.24) is 9.78 Å². The van der Waals surface area contributed by atoms with Crippen LogP contribution in [0.2, 0.25) is 10.0 Å². The van der Waals surface area contributed by atoms with Gasteiger partial charge in [-0.05, 0) is 47.2 Å². The number of anilines is 1. The SMILES string of the molecule is N#C/C(=C/c1cn(-c2ccccc2)nc1-c1cccc2ccccc12)C(=O)Nc1cc(Cl)cc(Cl)c1. The Morgan fingerprint density at radius 1 is 0.917 bits per heavy atom. The molecule has 7 heteroatoms. The van der Waals surface area contributed by atoms with Crippen molar-refractivity contribution in [3.8, 4) is 23.0 Å². The van der Waals surface area contributed by atoms with Crippen LogP contribution in [0.15, 0.2) is 103 Å². The summed E-state index contributed by atoms with van der Waals surface area (Å²) in [6, 6.07) is 30.4. The zero-order valence-electron chi connectivity index (χ0n) is 18.8. The monoisotopic (exact) mass is 508 g/mol. The summed E-state index contributed by atoms with van der Waals surface area (Å²) in [6.07, 6.45) is 3.36. The van der Waals surface area contributed by atoms with Gasteiger partial charge in [0.25, 0.3) is 5.91 Å². The molecule has 0 bridgehead atoms. The molecule has 0 saturated carbocycles. The van der Waals surface area contributed by atoms with Crippen molar-refractivity contribution in [2.45, 2.75) is 0 Å². The third kappa shape index (κ3) is 4.87. The molecule has 0 saturated heterocycles. The minimum atomic E-state index is -0.577. The smallest absolute Gasteiger partial charge is 0.266 e. The van der Waals surface area contributed by atoms with Crippen molar-refractivity contribution in [1.29, 1.82) is 5.26 Å². The molecule has 0 aliphatic heterocycles. The Hall–Kier alpha value is -4.37. The molecular weight excluding hydrogens is 491 g/mol. The number of nitrogens with one attached hydrogen (secondary N) is 1. The summed E-state index contributed by atoms with van der Waals surface area (Å²) in [6.45, 7) is 0. The molecular formula is C29H18Cl2N4O. The Labute approximate surface area is 217 Å². The van der Waals surface area contributed by atoms with Crippen LogP contribution in [0.4, 0.5) is 5.69 Å². The molecule has 174 valence electrons. The Morgan fingerprint density at radius 3 is 2.36 bits per heavy atom. The van der Waals surface area contributed by atoms with Gasteiger partial charge < -0.3 is 5.32 Å². The molecule has 5 aromatic rings. The molecule has 0 aliphatic carbocycles. The van der Waals surface area contributed by atoms with E-state index in [1.54, 1.807) is 29.0 Å². The number of benzene rings is 4. The average molecular weight is 509 g/mol. The van der Waals surface area contributed by atoms with Crippen LogP contribution >= 0.6 is 23.2 Å². The molecule has 5 rings (SSSR count). The summed E-state index contributed by atoms with van der Waals surface area (Å²) in [5.74, 6) is -0.577. The summed E-state index contributed by atoms with van der Waals surface area (Å²) >= 11 is 12.1. The van der Waals surface area contributed by atoms with E-state index in [4.69, 9.17) is 28.3 Å². The molecule has 5 nitrogen and oxygen atoms in total. The van der Waals surface area contributed by atoms with E-state index in [0.717, 1.165) is 22.0 Å². The first-order valence-electron chi connectivity index (χ1n) is 11.0. The highest BCUT2D eigenvalue weighted by molar-refractivity contribution is 6.35. The number of rotatable bonds is 5. The Bertz CT molecular complexity index is 1640. The molecule has 4 aromatic carbocycles. The largest absolute Gasteiger partial charge is 0.321 e. The predicted octanol–water partition coefficient (Wildman–Crippen LogP) is 7.54.